The van der Waals surface area contributed by atoms with E-state index in [1.165, 1.54) is 29.2 Å². The minimum atomic E-state index is -4.73. The summed E-state index contributed by atoms with van der Waals surface area (Å²) in [5.41, 5.74) is 4.28. The third-order valence-electron chi connectivity index (χ3n) is 4.57. The molecule has 1 aliphatic heterocycles. The lowest BCUT2D eigenvalue weighted by atomic mass is 9.96. The minimum Gasteiger partial charge on any atom is -0.339 e. The Kier molecular flexibility index (Phi) is 5.24. The van der Waals surface area contributed by atoms with Gasteiger partial charge >= 0.3 is 6.18 Å². The number of carbonyl (C=O) groups is 1. The van der Waals surface area contributed by atoms with E-state index in [2.05, 4.69) is 5.10 Å². The maximum absolute atomic E-state index is 13.7. The maximum Gasteiger partial charge on any atom is 0.434 e. The van der Waals surface area contributed by atoms with E-state index in [1.54, 1.807) is 0 Å². The number of benzene rings is 1. The summed E-state index contributed by atoms with van der Waals surface area (Å²) < 4.78 is 41.8. The van der Waals surface area contributed by atoms with E-state index in [-0.39, 0.29) is 5.69 Å². The summed E-state index contributed by atoms with van der Waals surface area (Å²) >= 11 is 5.79. The Morgan fingerprint density at radius 2 is 1.85 bits per heavy atom. The quantitative estimate of drug-likeness (QED) is 0.879. The molecule has 1 aliphatic rings. The Labute approximate surface area is 153 Å². The predicted octanol–water partition coefficient (Wildman–Crippen LogP) is 3.36. The fraction of sp³-hybridized carbons (Fsp3) is 0.412. The first-order valence-electron chi connectivity index (χ1n) is 8.21. The molecule has 2 N–H and O–H groups in total. The lowest BCUT2D eigenvalue weighted by Crippen LogP contribution is -2.40. The molecule has 0 spiro atoms. The number of likely N-dealkylation sites (tertiary alicyclic amines) is 1. The van der Waals surface area contributed by atoms with Crippen LogP contribution in [0.4, 0.5) is 13.2 Å². The van der Waals surface area contributed by atoms with Gasteiger partial charge in [0, 0.05) is 18.1 Å². The fourth-order valence-corrected chi connectivity index (χ4v) is 3.22. The van der Waals surface area contributed by atoms with Crippen molar-refractivity contribution in [3.63, 3.8) is 0 Å². The van der Waals surface area contributed by atoms with Crippen molar-refractivity contribution in [3.05, 3.63) is 46.7 Å². The third-order valence-corrected chi connectivity index (χ3v) is 4.83. The van der Waals surface area contributed by atoms with Gasteiger partial charge in [-0.05, 0) is 49.6 Å². The smallest absolute Gasteiger partial charge is 0.339 e. The van der Waals surface area contributed by atoms with Gasteiger partial charge in [0.15, 0.2) is 5.69 Å². The van der Waals surface area contributed by atoms with Crippen molar-refractivity contribution < 1.29 is 18.0 Å². The molecular formula is C17H18ClF3N4O. The highest BCUT2D eigenvalue weighted by atomic mass is 35.5. The summed E-state index contributed by atoms with van der Waals surface area (Å²) in [5.74, 6) is -0.356. The van der Waals surface area contributed by atoms with Crippen molar-refractivity contribution in [1.82, 2.24) is 14.7 Å². The van der Waals surface area contributed by atoms with Crippen LogP contribution in [0.15, 0.2) is 30.5 Å². The summed E-state index contributed by atoms with van der Waals surface area (Å²) in [7, 11) is 0. The minimum absolute atomic E-state index is 0.183. The highest BCUT2D eigenvalue weighted by Crippen LogP contribution is 2.34. The molecule has 26 heavy (non-hydrogen) atoms. The van der Waals surface area contributed by atoms with Gasteiger partial charge in [0.2, 0.25) is 0 Å². The van der Waals surface area contributed by atoms with E-state index < -0.39 is 23.3 Å². The van der Waals surface area contributed by atoms with Crippen LogP contribution in [0.25, 0.3) is 5.69 Å². The highest BCUT2D eigenvalue weighted by molar-refractivity contribution is 6.30. The number of alkyl halides is 3. The highest BCUT2D eigenvalue weighted by Gasteiger charge is 2.41. The van der Waals surface area contributed by atoms with E-state index in [0.29, 0.717) is 43.4 Å². The summed E-state index contributed by atoms with van der Waals surface area (Å²) in [5, 5.41) is 4.21. The zero-order valence-corrected chi connectivity index (χ0v) is 14.6. The van der Waals surface area contributed by atoms with Crippen LogP contribution in [0.5, 0.6) is 0 Å². The van der Waals surface area contributed by atoms with Crippen molar-refractivity contribution in [2.75, 3.05) is 19.6 Å². The molecule has 1 fully saturated rings. The lowest BCUT2D eigenvalue weighted by Gasteiger charge is -2.31. The summed E-state index contributed by atoms with van der Waals surface area (Å²) in [6, 6.07) is 5.78. The number of hydrogen-bond acceptors (Lipinski definition) is 3. The number of piperidine rings is 1. The zero-order valence-electron chi connectivity index (χ0n) is 13.8. The van der Waals surface area contributed by atoms with Crippen LogP contribution >= 0.6 is 11.6 Å². The Hall–Kier alpha value is -2.06. The second-order valence-corrected chi connectivity index (χ2v) is 6.70. The largest absolute Gasteiger partial charge is 0.434 e. The van der Waals surface area contributed by atoms with E-state index in [0.717, 1.165) is 10.9 Å². The SMILES string of the molecule is NCC1CCN(C(=O)c2cnn(-c3ccc(Cl)cc3)c2C(F)(F)F)CC1. The Morgan fingerprint density at radius 1 is 1.23 bits per heavy atom. The number of nitrogens with two attached hydrogens (primary N) is 1. The third kappa shape index (κ3) is 3.71. The molecule has 1 saturated heterocycles. The molecule has 2 heterocycles. The van der Waals surface area contributed by atoms with Gasteiger partial charge in [-0.1, -0.05) is 11.6 Å². The number of hydrogen-bond donors (Lipinski definition) is 1. The summed E-state index contributed by atoms with van der Waals surface area (Å²) in [6.45, 7) is 1.30. The number of halogens is 4. The van der Waals surface area contributed by atoms with Gasteiger partial charge in [-0.25, -0.2) is 4.68 Å². The molecule has 3 rings (SSSR count). The Bertz CT molecular complexity index is 780. The van der Waals surface area contributed by atoms with E-state index in [9.17, 15) is 18.0 Å². The van der Waals surface area contributed by atoms with Crippen molar-refractivity contribution in [2.24, 2.45) is 11.7 Å². The molecule has 9 heteroatoms. The Balaban J connectivity index is 1.95. The first kappa shape index (κ1) is 18.7. The van der Waals surface area contributed by atoms with Gasteiger partial charge < -0.3 is 10.6 Å². The van der Waals surface area contributed by atoms with E-state index in [4.69, 9.17) is 17.3 Å². The Morgan fingerprint density at radius 3 is 2.38 bits per heavy atom. The first-order valence-corrected chi connectivity index (χ1v) is 8.59. The zero-order chi connectivity index (χ0) is 18.9. The normalized spacial score (nSPS) is 16.1. The molecule has 5 nitrogen and oxygen atoms in total. The second kappa shape index (κ2) is 7.28. The molecule has 0 bridgehead atoms. The molecule has 1 aromatic heterocycles. The van der Waals surface area contributed by atoms with Crippen molar-refractivity contribution in [3.8, 4) is 5.69 Å². The number of amides is 1. The van der Waals surface area contributed by atoms with Crippen LogP contribution in [-0.4, -0.2) is 40.2 Å². The maximum atomic E-state index is 13.7. The molecule has 0 atom stereocenters. The van der Waals surface area contributed by atoms with E-state index in [1.807, 2.05) is 0 Å². The van der Waals surface area contributed by atoms with Gasteiger partial charge in [0.25, 0.3) is 5.91 Å². The number of nitrogens with zero attached hydrogens (tertiary/aromatic N) is 3. The van der Waals surface area contributed by atoms with Crippen LogP contribution in [0.2, 0.25) is 5.02 Å². The molecule has 0 radical (unpaired) electrons. The van der Waals surface area contributed by atoms with Crippen LogP contribution in [0.3, 0.4) is 0 Å². The van der Waals surface area contributed by atoms with Gasteiger partial charge in [0.05, 0.1) is 17.4 Å². The van der Waals surface area contributed by atoms with Crippen LogP contribution in [0, 0.1) is 5.92 Å². The van der Waals surface area contributed by atoms with E-state index >= 15 is 0 Å². The van der Waals surface area contributed by atoms with Crippen LogP contribution < -0.4 is 5.73 Å². The van der Waals surface area contributed by atoms with Gasteiger partial charge in [-0.3, -0.25) is 4.79 Å². The topological polar surface area (TPSA) is 64.2 Å². The summed E-state index contributed by atoms with van der Waals surface area (Å²) in [4.78, 5) is 14.1. The van der Waals surface area contributed by atoms with Gasteiger partial charge in [-0.15, -0.1) is 0 Å². The molecule has 1 amide bonds. The molecule has 2 aromatic rings. The van der Waals surface area contributed by atoms with Crippen molar-refractivity contribution in [1.29, 1.82) is 0 Å². The number of carbonyl (C=O) groups excluding carboxylic acids is 1. The molecular weight excluding hydrogens is 369 g/mol. The van der Waals surface area contributed by atoms with Gasteiger partial charge in [-0.2, -0.15) is 18.3 Å². The second-order valence-electron chi connectivity index (χ2n) is 6.26. The van der Waals surface area contributed by atoms with Crippen LogP contribution in [-0.2, 0) is 6.18 Å². The number of rotatable bonds is 3. The first-order chi connectivity index (χ1) is 12.3. The van der Waals surface area contributed by atoms with Crippen LogP contribution in [0.1, 0.15) is 28.9 Å². The average molecular weight is 387 g/mol. The predicted molar refractivity (Wildman–Crippen MR) is 91.3 cm³/mol. The van der Waals surface area contributed by atoms with Crippen molar-refractivity contribution in [2.45, 2.75) is 19.0 Å². The molecule has 0 saturated carbocycles. The lowest BCUT2D eigenvalue weighted by molar-refractivity contribution is -0.143. The standard InChI is InChI=1S/C17H18ClF3N4O/c18-12-1-3-13(4-2-12)25-15(17(19,20)21)14(10-23-25)16(26)24-7-5-11(9-22)6-8-24/h1-4,10-11H,5-9,22H2. The number of aromatic nitrogens is 2. The molecule has 0 aliphatic carbocycles. The van der Waals surface area contributed by atoms with Crippen molar-refractivity contribution >= 4 is 17.5 Å². The molecule has 0 unspecified atom stereocenters. The monoisotopic (exact) mass is 386 g/mol. The summed E-state index contributed by atoms with van der Waals surface area (Å²) in [6.07, 6.45) is -2.37. The van der Waals surface area contributed by atoms with Gasteiger partial charge in [0.1, 0.15) is 0 Å². The fourth-order valence-electron chi connectivity index (χ4n) is 3.10. The molecule has 140 valence electrons. The average Bonchev–Trinajstić information content (AvgIpc) is 3.07. The molecule has 1 aromatic carbocycles.